The molecule has 4 atom stereocenters. The summed E-state index contributed by atoms with van der Waals surface area (Å²) in [5, 5.41) is 48.7. The molecular formula is C28H34O11S. The van der Waals surface area contributed by atoms with Crippen LogP contribution in [-0.2, 0) is 22.4 Å². The van der Waals surface area contributed by atoms with Gasteiger partial charge in [0.1, 0.15) is 23.9 Å². The highest BCUT2D eigenvalue weighted by Crippen LogP contribution is 2.47. The van der Waals surface area contributed by atoms with E-state index in [0.29, 0.717) is 24.8 Å². The van der Waals surface area contributed by atoms with Crippen LogP contribution in [0.5, 0.6) is 17.2 Å². The van der Waals surface area contributed by atoms with Gasteiger partial charge in [-0.1, -0.05) is 12.1 Å². The second-order valence-corrected chi connectivity index (χ2v) is 10.00. The number of phenolic OH excluding ortho intramolecular Hbond substituents is 2. The third kappa shape index (κ3) is 6.17. The zero-order valence-electron chi connectivity index (χ0n) is 22.4. The average molecular weight is 579 g/mol. The third-order valence-corrected chi connectivity index (χ3v) is 7.26. The summed E-state index contributed by atoms with van der Waals surface area (Å²) in [4.78, 5) is 38.1. The van der Waals surface area contributed by atoms with Crippen molar-refractivity contribution in [1.29, 1.82) is 0 Å². The van der Waals surface area contributed by atoms with Crippen LogP contribution in [-0.4, -0.2) is 85.9 Å². The van der Waals surface area contributed by atoms with Crippen LogP contribution in [0.3, 0.4) is 0 Å². The number of carbonyl (C=O) groups excluding carboxylic acids is 3. The Bertz CT molecular complexity index is 1280. The molecule has 4 unspecified atom stereocenters. The van der Waals surface area contributed by atoms with Gasteiger partial charge in [0.05, 0.1) is 36.0 Å². The van der Waals surface area contributed by atoms with Gasteiger partial charge in [0.2, 0.25) is 5.78 Å². The summed E-state index contributed by atoms with van der Waals surface area (Å²) in [6.45, 7) is 1.15. The highest BCUT2D eigenvalue weighted by Gasteiger charge is 2.41. The molecule has 1 fully saturated rings. The topological polar surface area (TPSA) is 191 Å². The smallest absolute Gasteiger partial charge is 0.202 e. The molecule has 1 heterocycles. The van der Waals surface area contributed by atoms with Gasteiger partial charge in [-0.25, -0.2) is 0 Å². The fraction of sp³-hybridized carbons (Fsp3) is 0.464. The number of aliphatic hydroxyl groups is 3. The van der Waals surface area contributed by atoms with Gasteiger partial charge in [0.25, 0.3) is 0 Å². The van der Waals surface area contributed by atoms with E-state index in [0.717, 1.165) is 12.0 Å². The number of benzene rings is 2. The van der Waals surface area contributed by atoms with Crippen LogP contribution in [0.2, 0.25) is 0 Å². The van der Waals surface area contributed by atoms with Crippen LogP contribution < -0.4 is 4.74 Å². The fourth-order valence-electron chi connectivity index (χ4n) is 5.17. The molecule has 2 aromatic rings. The summed E-state index contributed by atoms with van der Waals surface area (Å²) in [6.07, 6.45) is 2.23. The van der Waals surface area contributed by atoms with Crippen LogP contribution >= 0.6 is 12.0 Å². The molecule has 0 aromatic heterocycles. The predicted molar refractivity (Wildman–Crippen MR) is 145 cm³/mol. The van der Waals surface area contributed by atoms with E-state index in [1.165, 1.54) is 13.2 Å². The Labute approximate surface area is 235 Å². The molecule has 1 saturated heterocycles. The zero-order chi connectivity index (χ0) is 29.7. The molecule has 0 spiro atoms. The third-order valence-electron chi connectivity index (χ3n) is 7.26. The van der Waals surface area contributed by atoms with E-state index in [1.807, 2.05) is 0 Å². The molecule has 3 aliphatic rings. The standard InChI is InChI=1S/C21H18O7.C6H12O3.CH4OS/c1-28-14-4-2-3-11-15(14)21(27)17-16(19(11)25)20(26)12-7-9(13(23)8-22)5-6-10(12)18(17)24;1-4-5(7)2-3-6(8)9-4;1-3-2/h2-4,9,22,24,26H,5-8H2,1H3;4-8H,2-3H2,1H3;2H,1H3. The van der Waals surface area contributed by atoms with Crippen LogP contribution in [0.15, 0.2) is 18.2 Å². The van der Waals surface area contributed by atoms with E-state index in [9.17, 15) is 24.6 Å². The lowest BCUT2D eigenvalue weighted by molar-refractivity contribution is -0.192. The number of hydrogen-bond acceptors (Lipinski definition) is 12. The highest BCUT2D eigenvalue weighted by atomic mass is 32.2. The number of ketones is 3. The maximum absolute atomic E-state index is 13.1. The largest absolute Gasteiger partial charge is 0.507 e. The van der Waals surface area contributed by atoms with Crippen LogP contribution in [0.1, 0.15) is 69.2 Å². The van der Waals surface area contributed by atoms with Crippen molar-refractivity contribution in [2.45, 2.75) is 57.5 Å². The first kappa shape index (κ1) is 31.5. The van der Waals surface area contributed by atoms with Crippen molar-refractivity contribution in [3.63, 3.8) is 0 Å². The average Bonchev–Trinajstić information content (AvgIpc) is 2.95. The Balaban J connectivity index is 0.000000307. The van der Waals surface area contributed by atoms with Crippen molar-refractivity contribution in [2.75, 3.05) is 20.0 Å². The first-order valence-corrected chi connectivity index (χ1v) is 13.9. The number of Topliss-reactive ketones (excluding diaryl/α,β-unsaturated/α-hetero) is 1. The van der Waals surface area contributed by atoms with Gasteiger partial charge in [-0.05, 0) is 50.7 Å². The van der Waals surface area contributed by atoms with Crippen molar-refractivity contribution in [3.8, 4) is 17.2 Å². The molecule has 0 amide bonds. The Hall–Kier alpha value is -3.00. The van der Waals surface area contributed by atoms with Gasteiger partial charge < -0.3 is 39.6 Å². The number of aliphatic hydroxyl groups excluding tert-OH is 3. The molecule has 0 saturated carbocycles. The Morgan fingerprint density at radius 2 is 1.65 bits per heavy atom. The van der Waals surface area contributed by atoms with Gasteiger partial charge in [-0.15, -0.1) is 0 Å². The number of ether oxygens (including phenoxy) is 2. The molecular weight excluding hydrogens is 544 g/mol. The number of aromatic hydroxyl groups is 2. The minimum Gasteiger partial charge on any atom is -0.507 e. The molecule has 12 heteroatoms. The van der Waals surface area contributed by atoms with E-state index >= 15 is 0 Å². The first-order valence-electron chi connectivity index (χ1n) is 12.7. The van der Waals surface area contributed by atoms with E-state index in [-0.39, 0.29) is 69.8 Å². The minimum atomic E-state index is -0.664. The summed E-state index contributed by atoms with van der Waals surface area (Å²) in [7, 11) is 1.38. The molecule has 2 aliphatic carbocycles. The maximum atomic E-state index is 13.1. The molecule has 40 heavy (non-hydrogen) atoms. The summed E-state index contributed by atoms with van der Waals surface area (Å²) >= 11 is 0.750. The van der Waals surface area contributed by atoms with Gasteiger partial charge in [-0.2, -0.15) is 0 Å². The number of hydrogen-bond donors (Lipinski definition) is 6. The van der Waals surface area contributed by atoms with Gasteiger partial charge in [0, 0.05) is 35.3 Å². The number of phenols is 2. The molecule has 0 radical (unpaired) electrons. The quantitative estimate of drug-likeness (QED) is 0.197. The highest BCUT2D eigenvalue weighted by molar-refractivity contribution is 7.93. The molecule has 218 valence electrons. The molecule has 1 aliphatic heterocycles. The number of fused-ring (bicyclic) bond motifs is 3. The van der Waals surface area contributed by atoms with Crippen molar-refractivity contribution < 1.29 is 53.9 Å². The molecule has 2 aromatic carbocycles. The van der Waals surface area contributed by atoms with E-state index < -0.39 is 36.5 Å². The van der Waals surface area contributed by atoms with Crippen molar-refractivity contribution in [2.24, 2.45) is 5.92 Å². The lowest BCUT2D eigenvalue weighted by atomic mass is 9.75. The van der Waals surface area contributed by atoms with E-state index in [1.54, 1.807) is 25.3 Å². The molecule has 5 rings (SSSR count). The SMILES string of the molecule is CC1OC(O)CCC1O.COc1cccc2c1C(=O)c1c(O)c3c(c(O)c1C2=O)CC(C(=O)CO)CC3.CSO. The predicted octanol–water partition coefficient (Wildman–Crippen LogP) is 2.24. The van der Waals surface area contributed by atoms with Crippen molar-refractivity contribution in [1.82, 2.24) is 0 Å². The molecule has 11 nitrogen and oxygen atoms in total. The maximum Gasteiger partial charge on any atom is 0.202 e. The monoisotopic (exact) mass is 578 g/mol. The summed E-state index contributed by atoms with van der Waals surface area (Å²) in [5.74, 6) is -2.56. The summed E-state index contributed by atoms with van der Waals surface area (Å²) in [5.41, 5.74) is 0.301. The van der Waals surface area contributed by atoms with Crippen LogP contribution in [0.4, 0.5) is 0 Å². The first-order chi connectivity index (χ1) is 19.0. The van der Waals surface area contributed by atoms with Crippen LogP contribution in [0, 0.1) is 5.92 Å². The van der Waals surface area contributed by atoms with Gasteiger partial charge >= 0.3 is 0 Å². The van der Waals surface area contributed by atoms with E-state index in [4.69, 9.17) is 29.3 Å². The summed E-state index contributed by atoms with van der Waals surface area (Å²) < 4.78 is 17.6. The lowest BCUT2D eigenvalue weighted by Gasteiger charge is -2.29. The fourth-order valence-corrected chi connectivity index (χ4v) is 5.17. The number of methoxy groups -OCH3 is 1. The summed E-state index contributed by atoms with van der Waals surface area (Å²) in [6, 6.07) is 4.59. The number of carbonyl (C=O) groups is 3. The minimum absolute atomic E-state index is 0.0568. The van der Waals surface area contributed by atoms with Gasteiger partial charge in [-0.3, -0.25) is 14.4 Å². The normalized spacial score (nSPS) is 22.9. The second kappa shape index (κ2) is 13.6. The second-order valence-electron chi connectivity index (χ2n) is 9.63. The van der Waals surface area contributed by atoms with E-state index in [2.05, 4.69) is 0 Å². The van der Waals surface area contributed by atoms with Gasteiger partial charge in [0.15, 0.2) is 17.9 Å². The Kier molecular flexibility index (Phi) is 10.7. The number of rotatable bonds is 3. The Morgan fingerprint density at radius 3 is 2.23 bits per heavy atom. The Morgan fingerprint density at radius 1 is 1.02 bits per heavy atom. The van der Waals surface area contributed by atoms with Crippen LogP contribution in [0.25, 0.3) is 0 Å². The van der Waals surface area contributed by atoms with Crippen molar-refractivity contribution in [3.05, 3.63) is 51.6 Å². The zero-order valence-corrected chi connectivity index (χ0v) is 23.2. The molecule has 6 N–H and O–H groups in total. The lowest BCUT2D eigenvalue weighted by Crippen LogP contribution is -2.36. The van der Waals surface area contributed by atoms with Crippen molar-refractivity contribution >= 4 is 29.4 Å². The molecule has 0 bridgehead atoms.